The molecule has 0 aliphatic carbocycles. The molecule has 2 unspecified atom stereocenters. The fourth-order valence-electron chi connectivity index (χ4n) is 4.28. The van der Waals surface area contributed by atoms with E-state index in [9.17, 15) is 10.2 Å². The Morgan fingerprint density at radius 3 is 1.50 bits per heavy atom. The van der Waals surface area contributed by atoms with Crippen molar-refractivity contribution in [2.75, 3.05) is 37.3 Å². The smallest absolute Gasteiger partial charge is 0.231 e. The molecule has 14 heteroatoms. The lowest BCUT2D eigenvalue weighted by atomic mass is 10.2. The molecule has 0 bridgehead atoms. The molecule has 0 radical (unpaired) electrons. The number of hydrogen-bond acceptors (Lipinski definition) is 14. The Morgan fingerprint density at radius 1 is 0.650 bits per heavy atom. The largest absolute Gasteiger partial charge is 0.454 e. The van der Waals surface area contributed by atoms with Crippen molar-refractivity contribution in [3.05, 3.63) is 59.2 Å². The van der Waals surface area contributed by atoms with Crippen molar-refractivity contribution < 1.29 is 29.2 Å². The number of nitrogens with two attached hydrogens (primary N) is 2. The van der Waals surface area contributed by atoms with Crippen molar-refractivity contribution >= 4 is 22.7 Å². The fraction of sp³-hybridized carbons (Fsp3) is 0.308. The molecule has 2 aliphatic heterocycles. The zero-order chi connectivity index (χ0) is 27.6. The average molecular weight is 549 g/mol. The number of aliphatic hydroxyl groups is 2. The molecular formula is C26H28N8O6. The minimum absolute atomic E-state index is 0.0854. The van der Waals surface area contributed by atoms with Gasteiger partial charge in [-0.05, 0) is 35.4 Å². The third kappa shape index (κ3) is 5.08. The van der Waals surface area contributed by atoms with Gasteiger partial charge in [-0.2, -0.15) is 0 Å². The molecule has 0 fully saturated rings. The van der Waals surface area contributed by atoms with Gasteiger partial charge in [-0.25, -0.2) is 19.9 Å². The summed E-state index contributed by atoms with van der Waals surface area (Å²) >= 11 is 0. The van der Waals surface area contributed by atoms with Crippen LogP contribution in [0.5, 0.6) is 23.0 Å². The molecule has 0 saturated heterocycles. The van der Waals surface area contributed by atoms with E-state index in [2.05, 4.69) is 30.6 Å². The number of aromatic nitrogens is 4. The summed E-state index contributed by atoms with van der Waals surface area (Å²) in [5, 5.41) is 27.6. The molecular weight excluding hydrogens is 520 g/mol. The lowest BCUT2D eigenvalue weighted by molar-refractivity contribution is 0.173. The van der Waals surface area contributed by atoms with Gasteiger partial charge in [0.15, 0.2) is 46.3 Å². The quantitative estimate of drug-likeness (QED) is 0.164. The lowest BCUT2D eigenvalue weighted by Gasteiger charge is -2.17. The normalized spacial score (nSPS) is 14.8. The first-order valence-corrected chi connectivity index (χ1v) is 12.6. The molecule has 14 nitrogen and oxygen atoms in total. The van der Waals surface area contributed by atoms with E-state index in [1.807, 2.05) is 36.4 Å². The van der Waals surface area contributed by atoms with Crippen LogP contribution in [0.2, 0.25) is 0 Å². The van der Waals surface area contributed by atoms with E-state index in [4.69, 9.17) is 30.4 Å². The highest BCUT2D eigenvalue weighted by Gasteiger charge is 2.22. The van der Waals surface area contributed by atoms with Crippen LogP contribution in [-0.2, 0) is 13.1 Å². The Bertz CT molecular complexity index is 1440. The first-order valence-electron chi connectivity index (χ1n) is 12.6. The van der Waals surface area contributed by atoms with Gasteiger partial charge in [0, 0.05) is 26.2 Å². The van der Waals surface area contributed by atoms with Crippen LogP contribution in [0.4, 0.5) is 11.6 Å². The summed E-state index contributed by atoms with van der Waals surface area (Å²) in [5.74, 6) is 3.50. The maximum absolute atomic E-state index is 10.5. The Morgan fingerprint density at radius 2 is 1.07 bits per heavy atom. The standard InChI is InChI=1S/C26H28N8O6/c27-7-15(35)23-32-22-21(25(33-23)29-9-13-1-3-17-19(5-13)39-11-37-17)31-24(16(36)8-28)34-26(22)30-10-14-2-4-18-20(6-14)40-12-38-18/h1-6,15-16,35-36H,7-12,27-28H2,(H,29,32,33)(H,30,31,34). The van der Waals surface area contributed by atoms with Crippen LogP contribution in [0.1, 0.15) is 35.0 Å². The van der Waals surface area contributed by atoms with Crippen molar-refractivity contribution in [1.29, 1.82) is 0 Å². The van der Waals surface area contributed by atoms with Crippen LogP contribution in [0.3, 0.4) is 0 Å². The van der Waals surface area contributed by atoms with Crippen molar-refractivity contribution in [3.63, 3.8) is 0 Å². The van der Waals surface area contributed by atoms with E-state index in [0.29, 0.717) is 58.8 Å². The molecule has 208 valence electrons. The zero-order valence-electron chi connectivity index (χ0n) is 21.3. The highest BCUT2D eigenvalue weighted by molar-refractivity contribution is 5.92. The van der Waals surface area contributed by atoms with Gasteiger partial charge < -0.3 is 51.3 Å². The number of aliphatic hydroxyl groups excluding tert-OH is 2. The molecule has 0 spiro atoms. The number of nitrogens with zero attached hydrogens (tertiary/aromatic N) is 4. The Hall–Kier alpha value is -4.50. The molecule has 0 amide bonds. The van der Waals surface area contributed by atoms with Crippen LogP contribution in [0.15, 0.2) is 36.4 Å². The van der Waals surface area contributed by atoms with E-state index in [0.717, 1.165) is 11.1 Å². The van der Waals surface area contributed by atoms with Crippen molar-refractivity contribution in [3.8, 4) is 23.0 Å². The monoisotopic (exact) mass is 548 g/mol. The molecule has 4 aromatic rings. The number of hydrogen-bond donors (Lipinski definition) is 6. The summed E-state index contributed by atoms with van der Waals surface area (Å²) < 4.78 is 21.7. The maximum Gasteiger partial charge on any atom is 0.231 e. The fourth-order valence-corrected chi connectivity index (χ4v) is 4.28. The number of ether oxygens (including phenoxy) is 4. The molecule has 2 atom stereocenters. The first-order chi connectivity index (χ1) is 19.5. The summed E-state index contributed by atoms with van der Waals surface area (Å²) in [6.45, 7) is 0.873. The van der Waals surface area contributed by atoms with Crippen molar-refractivity contribution in [2.45, 2.75) is 25.3 Å². The molecule has 2 aromatic carbocycles. The minimum atomic E-state index is -1.12. The SMILES string of the molecule is NCC(O)c1nc(NCc2ccc3c(c2)OCO3)c2nc(C(O)CN)nc(NCc3ccc4c(c3)OCO4)c2n1. The van der Waals surface area contributed by atoms with E-state index >= 15 is 0 Å². The first kappa shape index (κ1) is 25.8. The van der Waals surface area contributed by atoms with E-state index in [1.54, 1.807) is 0 Å². The van der Waals surface area contributed by atoms with Crippen molar-refractivity contribution in [1.82, 2.24) is 19.9 Å². The number of nitrogens with one attached hydrogen (secondary N) is 2. The molecule has 2 aromatic heterocycles. The highest BCUT2D eigenvalue weighted by atomic mass is 16.7. The summed E-state index contributed by atoms with van der Waals surface area (Å²) in [6, 6.07) is 11.2. The molecule has 4 heterocycles. The number of benzene rings is 2. The molecule has 2 aliphatic rings. The molecule has 0 saturated carbocycles. The third-order valence-corrected chi connectivity index (χ3v) is 6.41. The third-order valence-electron chi connectivity index (χ3n) is 6.41. The number of anilines is 2. The van der Waals surface area contributed by atoms with Crippen LogP contribution in [0.25, 0.3) is 11.0 Å². The van der Waals surface area contributed by atoms with Gasteiger partial charge in [0.2, 0.25) is 13.6 Å². The van der Waals surface area contributed by atoms with Gasteiger partial charge in [-0.1, -0.05) is 12.1 Å². The van der Waals surface area contributed by atoms with Crippen LogP contribution in [-0.4, -0.2) is 56.8 Å². The van der Waals surface area contributed by atoms with Crippen LogP contribution >= 0.6 is 0 Å². The van der Waals surface area contributed by atoms with E-state index in [-0.39, 0.29) is 38.3 Å². The highest BCUT2D eigenvalue weighted by Crippen LogP contribution is 2.34. The summed E-state index contributed by atoms with van der Waals surface area (Å²) in [5.41, 5.74) is 13.9. The van der Waals surface area contributed by atoms with Crippen LogP contribution < -0.4 is 41.0 Å². The molecule has 6 rings (SSSR count). The Labute approximate surface area is 228 Å². The Kier molecular flexibility index (Phi) is 7.04. The van der Waals surface area contributed by atoms with E-state index < -0.39 is 12.2 Å². The lowest BCUT2D eigenvalue weighted by Crippen LogP contribution is -2.19. The Balaban J connectivity index is 1.38. The number of rotatable bonds is 10. The molecule has 40 heavy (non-hydrogen) atoms. The van der Waals surface area contributed by atoms with Gasteiger partial charge in [-0.3, -0.25) is 0 Å². The van der Waals surface area contributed by atoms with Crippen LogP contribution in [0, 0.1) is 0 Å². The van der Waals surface area contributed by atoms with Gasteiger partial charge in [-0.15, -0.1) is 0 Å². The maximum atomic E-state index is 10.5. The second-order valence-electron chi connectivity index (χ2n) is 9.14. The van der Waals surface area contributed by atoms with Gasteiger partial charge in [0.05, 0.1) is 0 Å². The van der Waals surface area contributed by atoms with E-state index in [1.165, 1.54) is 0 Å². The van der Waals surface area contributed by atoms with Crippen molar-refractivity contribution in [2.24, 2.45) is 11.5 Å². The second kappa shape index (κ2) is 10.9. The zero-order valence-corrected chi connectivity index (χ0v) is 21.3. The molecule has 8 N–H and O–H groups in total. The predicted octanol–water partition coefficient (Wildman–Crippen LogP) is 1.09. The minimum Gasteiger partial charge on any atom is -0.454 e. The number of fused-ring (bicyclic) bond motifs is 3. The average Bonchev–Trinajstić information content (AvgIpc) is 3.66. The topological polar surface area (TPSA) is 205 Å². The van der Waals surface area contributed by atoms with Gasteiger partial charge in [0.1, 0.15) is 23.2 Å². The van der Waals surface area contributed by atoms with Gasteiger partial charge >= 0.3 is 0 Å². The van der Waals surface area contributed by atoms with Gasteiger partial charge in [0.25, 0.3) is 0 Å². The second-order valence-corrected chi connectivity index (χ2v) is 9.14. The summed E-state index contributed by atoms with van der Waals surface area (Å²) in [7, 11) is 0. The predicted molar refractivity (Wildman–Crippen MR) is 143 cm³/mol. The summed E-state index contributed by atoms with van der Waals surface area (Å²) in [4.78, 5) is 18.1. The summed E-state index contributed by atoms with van der Waals surface area (Å²) in [6.07, 6.45) is -2.24.